The number of hydrogen-bond acceptors (Lipinski definition) is 9. The van der Waals surface area contributed by atoms with Crippen LogP contribution < -0.4 is 0 Å². The summed E-state index contributed by atoms with van der Waals surface area (Å²) in [6.07, 6.45) is 5.20. The van der Waals surface area contributed by atoms with Crippen LogP contribution in [0.15, 0.2) is 0 Å². The van der Waals surface area contributed by atoms with Crippen molar-refractivity contribution >= 4 is 10.1 Å². The van der Waals surface area contributed by atoms with E-state index >= 15 is 0 Å². The van der Waals surface area contributed by atoms with Gasteiger partial charge in [-0.2, -0.15) is 8.42 Å². The fourth-order valence-electron chi connectivity index (χ4n) is 3.46. The highest BCUT2D eigenvalue weighted by molar-refractivity contribution is 7.87. The molecule has 0 heterocycles. The number of aliphatic hydroxyl groups excluding tert-OH is 5. The smallest absolute Gasteiger partial charge is 0.294 e. The standard InChI is InChI=1S/C22H47NO8S/c1-4-6-7-8-9-10-11-12-13-14-15-23(3)16-19(22(28)21(27)18(25)17-24)31-32(29,30)20(26)5-2/h18-22,24-28H,4-17H2,1-3H3/t18-,19+,20?,21-,22-/m1/s1. The van der Waals surface area contributed by atoms with Crippen molar-refractivity contribution in [3.05, 3.63) is 0 Å². The van der Waals surface area contributed by atoms with E-state index in [1.54, 1.807) is 11.9 Å². The SMILES string of the molecule is CCCCCCCCCCCCN(C)C[C@H](OS(=O)(=O)C(O)CC)[C@@H](O)[C@H](O)[C@H](O)CO. The molecule has 0 aliphatic carbocycles. The lowest BCUT2D eigenvalue weighted by molar-refractivity contribution is -0.112. The Balaban J connectivity index is 4.59. The molecule has 0 saturated carbocycles. The first-order valence-corrected chi connectivity index (χ1v) is 13.5. The van der Waals surface area contributed by atoms with Gasteiger partial charge in [-0.1, -0.05) is 71.6 Å². The van der Waals surface area contributed by atoms with E-state index < -0.39 is 46.6 Å². The number of aliphatic hydroxyl groups is 5. The predicted octanol–water partition coefficient (Wildman–Crippen LogP) is 1.36. The molecule has 32 heavy (non-hydrogen) atoms. The lowest BCUT2D eigenvalue weighted by Crippen LogP contribution is -2.51. The first kappa shape index (κ1) is 31.7. The predicted molar refractivity (Wildman–Crippen MR) is 125 cm³/mol. The monoisotopic (exact) mass is 485 g/mol. The van der Waals surface area contributed by atoms with Gasteiger partial charge in [0, 0.05) is 6.54 Å². The maximum atomic E-state index is 12.2. The largest absolute Gasteiger partial charge is 0.394 e. The van der Waals surface area contributed by atoms with E-state index in [1.807, 2.05) is 0 Å². The molecule has 0 aliphatic rings. The molecule has 5 N–H and O–H groups in total. The molecule has 0 saturated heterocycles. The van der Waals surface area contributed by atoms with Gasteiger partial charge in [0.15, 0.2) is 5.44 Å². The number of hydrogen-bond donors (Lipinski definition) is 5. The summed E-state index contributed by atoms with van der Waals surface area (Å²) in [7, 11) is -2.65. The fourth-order valence-corrected chi connectivity index (χ4v) is 4.51. The van der Waals surface area contributed by atoms with Crippen molar-refractivity contribution in [2.24, 2.45) is 0 Å². The van der Waals surface area contributed by atoms with Crippen LogP contribution >= 0.6 is 0 Å². The van der Waals surface area contributed by atoms with E-state index in [9.17, 15) is 28.8 Å². The third-order valence-electron chi connectivity index (χ3n) is 5.64. The molecule has 0 amide bonds. The van der Waals surface area contributed by atoms with Gasteiger partial charge < -0.3 is 30.4 Å². The molecule has 9 nitrogen and oxygen atoms in total. The second-order valence-corrected chi connectivity index (χ2v) is 10.4. The first-order valence-electron chi connectivity index (χ1n) is 12.0. The van der Waals surface area contributed by atoms with Gasteiger partial charge in [0.2, 0.25) is 0 Å². The molecule has 0 aromatic carbocycles. The van der Waals surface area contributed by atoms with E-state index in [4.69, 9.17) is 9.29 Å². The lowest BCUT2D eigenvalue weighted by atomic mass is 10.0. The highest BCUT2D eigenvalue weighted by atomic mass is 32.2. The van der Waals surface area contributed by atoms with Gasteiger partial charge in [0.05, 0.1) is 6.61 Å². The zero-order valence-electron chi connectivity index (χ0n) is 20.1. The summed E-state index contributed by atoms with van der Waals surface area (Å²) < 4.78 is 29.4. The Morgan fingerprint density at radius 1 is 0.812 bits per heavy atom. The van der Waals surface area contributed by atoms with E-state index in [0.29, 0.717) is 6.54 Å². The van der Waals surface area contributed by atoms with E-state index in [1.165, 1.54) is 51.9 Å². The molecule has 0 spiro atoms. The first-order chi connectivity index (χ1) is 15.1. The molecule has 194 valence electrons. The Bertz CT molecular complexity index is 548. The highest BCUT2D eigenvalue weighted by Gasteiger charge is 2.37. The third kappa shape index (κ3) is 13.4. The Morgan fingerprint density at radius 3 is 1.78 bits per heavy atom. The van der Waals surface area contributed by atoms with Crippen LogP contribution in [-0.2, 0) is 14.3 Å². The molecule has 0 fully saturated rings. The van der Waals surface area contributed by atoms with E-state index in [2.05, 4.69) is 6.92 Å². The van der Waals surface area contributed by atoms with Crippen LogP contribution in [0.3, 0.4) is 0 Å². The molecule has 5 atom stereocenters. The van der Waals surface area contributed by atoms with Crippen molar-refractivity contribution in [1.29, 1.82) is 0 Å². The molecule has 0 radical (unpaired) electrons. The minimum Gasteiger partial charge on any atom is -0.394 e. The van der Waals surface area contributed by atoms with Gasteiger partial charge in [0.25, 0.3) is 10.1 Å². The molecule has 10 heteroatoms. The Morgan fingerprint density at radius 2 is 1.31 bits per heavy atom. The summed E-state index contributed by atoms with van der Waals surface area (Å²) in [5, 5.41) is 48.7. The maximum absolute atomic E-state index is 12.2. The Hall–Kier alpha value is -0.330. The number of rotatable bonds is 21. The van der Waals surface area contributed by atoms with E-state index in [-0.39, 0.29) is 13.0 Å². The molecule has 0 aromatic rings. The van der Waals surface area contributed by atoms with Crippen LogP contribution in [0.5, 0.6) is 0 Å². The van der Waals surface area contributed by atoms with Crippen LogP contribution in [0.25, 0.3) is 0 Å². The molecule has 0 rings (SSSR count). The Kier molecular flexibility index (Phi) is 17.9. The average molecular weight is 486 g/mol. The van der Waals surface area contributed by atoms with Gasteiger partial charge in [-0.15, -0.1) is 0 Å². The van der Waals surface area contributed by atoms with Crippen molar-refractivity contribution in [3.8, 4) is 0 Å². The normalized spacial score (nSPS) is 17.3. The molecular formula is C22H47NO8S. The van der Waals surface area contributed by atoms with Crippen LogP contribution in [0.1, 0.15) is 84.5 Å². The van der Waals surface area contributed by atoms with Crippen molar-refractivity contribution in [2.45, 2.75) is 114 Å². The van der Waals surface area contributed by atoms with Crippen molar-refractivity contribution < 1.29 is 38.1 Å². The number of likely N-dealkylation sites (N-methyl/N-ethyl adjacent to an activating group) is 1. The summed E-state index contributed by atoms with van der Waals surface area (Å²) >= 11 is 0. The van der Waals surface area contributed by atoms with Gasteiger partial charge >= 0.3 is 0 Å². The zero-order chi connectivity index (χ0) is 24.6. The molecule has 1 unspecified atom stereocenters. The van der Waals surface area contributed by atoms with Crippen molar-refractivity contribution in [1.82, 2.24) is 4.90 Å². The highest BCUT2D eigenvalue weighted by Crippen LogP contribution is 2.17. The number of unbranched alkanes of at least 4 members (excludes halogenated alkanes) is 9. The summed E-state index contributed by atoms with van der Waals surface area (Å²) in [4.78, 5) is 1.78. The minimum absolute atomic E-state index is 0.0382. The molecular weight excluding hydrogens is 438 g/mol. The summed E-state index contributed by atoms with van der Waals surface area (Å²) in [6, 6.07) is 0. The summed E-state index contributed by atoms with van der Waals surface area (Å²) in [6.45, 7) is 3.48. The molecule has 0 aromatic heterocycles. The second-order valence-electron chi connectivity index (χ2n) is 8.67. The lowest BCUT2D eigenvalue weighted by Gasteiger charge is -2.31. The average Bonchev–Trinajstić information content (AvgIpc) is 2.77. The quantitative estimate of drug-likeness (QED) is 0.120. The van der Waals surface area contributed by atoms with Crippen LogP contribution in [0, 0.1) is 0 Å². The summed E-state index contributed by atoms with van der Waals surface area (Å²) in [5.41, 5.74) is -1.76. The third-order valence-corrected chi connectivity index (χ3v) is 7.15. The van der Waals surface area contributed by atoms with Gasteiger partial charge in [-0.05, 0) is 26.4 Å². The second kappa shape index (κ2) is 18.1. The van der Waals surface area contributed by atoms with E-state index in [0.717, 1.165) is 19.3 Å². The summed E-state index contributed by atoms with van der Waals surface area (Å²) in [5.74, 6) is 0. The maximum Gasteiger partial charge on any atom is 0.294 e. The zero-order valence-corrected chi connectivity index (χ0v) is 20.9. The van der Waals surface area contributed by atoms with Gasteiger partial charge in [-0.25, -0.2) is 0 Å². The van der Waals surface area contributed by atoms with Gasteiger partial charge in [-0.3, -0.25) is 4.18 Å². The fraction of sp³-hybridized carbons (Fsp3) is 1.00. The van der Waals surface area contributed by atoms with Crippen molar-refractivity contribution in [3.63, 3.8) is 0 Å². The van der Waals surface area contributed by atoms with Crippen LogP contribution in [-0.4, -0.2) is 95.4 Å². The topological polar surface area (TPSA) is 148 Å². The molecule has 0 aliphatic heterocycles. The molecule has 0 bridgehead atoms. The van der Waals surface area contributed by atoms with Crippen molar-refractivity contribution in [2.75, 3.05) is 26.7 Å². The number of nitrogens with zero attached hydrogens (tertiary/aromatic N) is 1. The van der Waals surface area contributed by atoms with Crippen LogP contribution in [0.2, 0.25) is 0 Å². The van der Waals surface area contributed by atoms with Crippen LogP contribution in [0.4, 0.5) is 0 Å². The minimum atomic E-state index is -4.40. The Labute approximate surface area is 194 Å². The van der Waals surface area contributed by atoms with Gasteiger partial charge in [0.1, 0.15) is 24.4 Å².